The Morgan fingerprint density at radius 2 is 2.25 bits per heavy atom. The van der Waals surface area contributed by atoms with Gasteiger partial charge in [0.2, 0.25) is 0 Å². The van der Waals surface area contributed by atoms with Crippen molar-refractivity contribution in [1.82, 2.24) is 5.32 Å². The molecule has 0 heterocycles. The lowest BCUT2D eigenvalue weighted by atomic mass is 9.77. The Bertz CT molecular complexity index is 198. The van der Waals surface area contributed by atoms with Gasteiger partial charge in [0.1, 0.15) is 0 Å². The molecule has 1 fully saturated rings. The van der Waals surface area contributed by atoms with Crippen molar-refractivity contribution < 1.29 is 4.74 Å². The average molecular weight is 248 g/mol. The van der Waals surface area contributed by atoms with Crippen LogP contribution >= 0.6 is 11.6 Å². The topological polar surface area (TPSA) is 21.3 Å². The minimum Gasteiger partial charge on any atom is -0.377 e. The predicted octanol–water partition coefficient (Wildman–Crippen LogP) is 3.19. The van der Waals surface area contributed by atoms with Gasteiger partial charge in [0.15, 0.2) is 0 Å². The number of rotatable bonds is 6. The molecule has 3 heteroatoms. The van der Waals surface area contributed by atoms with Gasteiger partial charge in [0.05, 0.1) is 12.7 Å². The Balaban J connectivity index is 2.29. The fourth-order valence-electron chi connectivity index (χ4n) is 2.60. The second-order valence-electron chi connectivity index (χ2n) is 5.46. The fourth-order valence-corrected chi connectivity index (χ4v) is 2.94. The first-order chi connectivity index (χ1) is 7.58. The molecule has 96 valence electrons. The smallest absolute Gasteiger partial charge is 0.0594 e. The van der Waals surface area contributed by atoms with E-state index in [0.717, 1.165) is 24.9 Å². The molecule has 2 unspecified atom stereocenters. The van der Waals surface area contributed by atoms with E-state index in [0.29, 0.717) is 6.10 Å². The molecule has 0 aromatic carbocycles. The highest BCUT2D eigenvalue weighted by Crippen LogP contribution is 2.32. The Kier molecular flexibility index (Phi) is 6.09. The summed E-state index contributed by atoms with van der Waals surface area (Å²) in [5.74, 6) is 1.52. The summed E-state index contributed by atoms with van der Waals surface area (Å²) >= 11 is 6.14. The standard InChI is InChI=1S/C13H26ClNO/c1-11(2)16-8-7-15-13(10-14)6-4-5-12(3)9-13/h11-12,15H,4-10H2,1-3H3. The molecule has 0 radical (unpaired) electrons. The lowest BCUT2D eigenvalue weighted by molar-refractivity contribution is 0.0726. The van der Waals surface area contributed by atoms with E-state index in [4.69, 9.17) is 16.3 Å². The average Bonchev–Trinajstić information content (AvgIpc) is 2.24. The highest BCUT2D eigenvalue weighted by atomic mass is 35.5. The van der Waals surface area contributed by atoms with Gasteiger partial charge in [-0.05, 0) is 32.6 Å². The van der Waals surface area contributed by atoms with Crippen molar-refractivity contribution in [2.24, 2.45) is 5.92 Å². The van der Waals surface area contributed by atoms with E-state index in [1.807, 2.05) is 0 Å². The summed E-state index contributed by atoms with van der Waals surface area (Å²) in [6.45, 7) is 8.16. The van der Waals surface area contributed by atoms with Crippen molar-refractivity contribution >= 4 is 11.6 Å². The minimum atomic E-state index is 0.166. The molecule has 0 aromatic heterocycles. The van der Waals surface area contributed by atoms with Crippen LogP contribution < -0.4 is 5.32 Å². The van der Waals surface area contributed by atoms with Crippen LogP contribution in [-0.4, -0.2) is 30.7 Å². The van der Waals surface area contributed by atoms with Gasteiger partial charge < -0.3 is 10.1 Å². The molecular weight excluding hydrogens is 222 g/mol. The second kappa shape index (κ2) is 6.83. The maximum Gasteiger partial charge on any atom is 0.0594 e. The number of hydrogen-bond donors (Lipinski definition) is 1. The number of hydrogen-bond acceptors (Lipinski definition) is 2. The Hall–Kier alpha value is 0.210. The van der Waals surface area contributed by atoms with Crippen LogP contribution in [0, 0.1) is 5.92 Å². The predicted molar refractivity (Wildman–Crippen MR) is 70.2 cm³/mol. The van der Waals surface area contributed by atoms with E-state index < -0.39 is 0 Å². The largest absolute Gasteiger partial charge is 0.377 e. The SMILES string of the molecule is CC1CCCC(CCl)(NCCOC(C)C)C1. The van der Waals surface area contributed by atoms with Crippen molar-refractivity contribution in [3.05, 3.63) is 0 Å². The molecular formula is C13H26ClNO. The molecule has 1 rings (SSSR count). The van der Waals surface area contributed by atoms with E-state index in [-0.39, 0.29) is 5.54 Å². The molecule has 1 aliphatic rings. The van der Waals surface area contributed by atoms with E-state index in [9.17, 15) is 0 Å². The number of ether oxygens (including phenoxy) is 1. The molecule has 0 amide bonds. The number of alkyl halides is 1. The first-order valence-electron chi connectivity index (χ1n) is 6.50. The highest BCUT2D eigenvalue weighted by molar-refractivity contribution is 6.18. The van der Waals surface area contributed by atoms with Gasteiger partial charge in [0.25, 0.3) is 0 Å². The van der Waals surface area contributed by atoms with E-state index >= 15 is 0 Å². The van der Waals surface area contributed by atoms with Gasteiger partial charge in [-0.25, -0.2) is 0 Å². The molecule has 2 nitrogen and oxygen atoms in total. The third-order valence-electron chi connectivity index (χ3n) is 3.40. The van der Waals surface area contributed by atoms with E-state index in [1.54, 1.807) is 0 Å². The number of halogens is 1. The monoisotopic (exact) mass is 247 g/mol. The number of nitrogens with one attached hydrogen (secondary N) is 1. The van der Waals surface area contributed by atoms with Crippen molar-refractivity contribution in [2.45, 2.75) is 58.1 Å². The van der Waals surface area contributed by atoms with Crippen molar-refractivity contribution in [3.63, 3.8) is 0 Å². The zero-order valence-corrected chi connectivity index (χ0v) is 11.6. The normalized spacial score (nSPS) is 30.9. The summed E-state index contributed by atoms with van der Waals surface area (Å²) in [6.07, 6.45) is 5.38. The molecule has 2 atom stereocenters. The van der Waals surface area contributed by atoms with Crippen LogP contribution in [-0.2, 0) is 4.74 Å². The summed E-state index contributed by atoms with van der Waals surface area (Å²) in [5, 5.41) is 3.61. The van der Waals surface area contributed by atoms with Crippen LogP contribution in [0.3, 0.4) is 0 Å². The highest BCUT2D eigenvalue weighted by Gasteiger charge is 2.33. The summed E-state index contributed by atoms with van der Waals surface area (Å²) in [4.78, 5) is 0. The summed E-state index contributed by atoms with van der Waals surface area (Å²) < 4.78 is 5.54. The zero-order valence-electron chi connectivity index (χ0n) is 10.9. The summed E-state index contributed by atoms with van der Waals surface area (Å²) in [5.41, 5.74) is 0.166. The van der Waals surface area contributed by atoms with Crippen molar-refractivity contribution in [2.75, 3.05) is 19.0 Å². The van der Waals surface area contributed by atoms with Crippen molar-refractivity contribution in [1.29, 1.82) is 0 Å². The van der Waals surface area contributed by atoms with Gasteiger partial charge in [-0.15, -0.1) is 11.6 Å². The fraction of sp³-hybridized carbons (Fsp3) is 1.00. The van der Waals surface area contributed by atoms with Crippen LogP contribution in [0.4, 0.5) is 0 Å². The van der Waals surface area contributed by atoms with Crippen LogP contribution in [0.2, 0.25) is 0 Å². The maximum atomic E-state index is 6.14. The van der Waals surface area contributed by atoms with Gasteiger partial charge >= 0.3 is 0 Å². The molecule has 0 bridgehead atoms. The molecule has 0 aromatic rings. The summed E-state index contributed by atoms with van der Waals surface area (Å²) in [6, 6.07) is 0. The lowest BCUT2D eigenvalue weighted by Gasteiger charge is -2.39. The van der Waals surface area contributed by atoms with E-state index in [1.165, 1.54) is 25.7 Å². The van der Waals surface area contributed by atoms with Crippen LogP contribution in [0.1, 0.15) is 46.5 Å². The summed E-state index contributed by atoms with van der Waals surface area (Å²) in [7, 11) is 0. The van der Waals surface area contributed by atoms with E-state index in [2.05, 4.69) is 26.1 Å². The van der Waals surface area contributed by atoms with Gasteiger partial charge in [-0.2, -0.15) is 0 Å². The molecule has 16 heavy (non-hydrogen) atoms. The Labute approximate surface area is 105 Å². The van der Waals surface area contributed by atoms with Crippen molar-refractivity contribution in [3.8, 4) is 0 Å². The quantitative estimate of drug-likeness (QED) is 0.575. The van der Waals surface area contributed by atoms with Crippen LogP contribution in [0.5, 0.6) is 0 Å². The first kappa shape index (κ1) is 14.3. The molecule has 0 saturated heterocycles. The molecule has 1 saturated carbocycles. The molecule has 1 N–H and O–H groups in total. The molecule has 0 spiro atoms. The van der Waals surface area contributed by atoms with Crippen LogP contribution in [0.25, 0.3) is 0 Å². The maximum absolute atomic E-state index is 6.14. The van der Waals surface area contributed by atoms with Gasteiger partial charge in [0, 0.05) is 18.0 Å². The molecule has 0 aliphatic heterocycles. The van der Waals surface area contributed by atoms with Gasteiger partial charge in [-0.1, -0.05) is 19.8 Å². The third-order valence-corrected chi connectivity index (χ3v) is 3.91. The van der Waals surface area contributed by atoms with Gasteiger partial charge in [-0.3, -0.25) is 0 Å². The second-order valence-corrected chi connectivity index (χ2v) is 5.73. The van der Waals surface area contributed by atoms with Crippen LogP contribution in [0.15, 0.2) is 0 Å². The Morgan fingerprint density at radius 3 is 2.81 bits per heavy atom. The molecule has 1 aliphatic carbocycles. The first-order valence-corrected chi connectivity index (χ1v) is 7.04. The zero-order chi connectivity index (χ0) is 12.0. The Morgan fingerprint density at radius 1 is 1.50 bits per heavy atom. The minimum absolute atomic E-state index is 0.166. The lowest BCUT2D eigenvalue weighted by Crippen LogP contribution is -2.51. The third kappa shape index (κ3) is 4.60.